The van der Waals surface area contributed by atoms with Crippen LogP contribution in [0.4, 0.5) is 10.3 Å². The summed E-state index contributed by atoms with van der Waals surface area (Å²) in [5.74, 6) is -0.809. The van der Waals surface area contributed by atoms with Crippen LogP contribution in [0, 0.1) is 18.7 Å². The highest BCUT2D eigenvalue weighted by Crippen LogP contribution is 2.39. The molecule has 2 aliphatic rings. The number of hydrogen-bond acceptors (Lipinski definition) is 10. The van der Waals surface area contributed by atoms with E-state index in [0.717, 1.165) is 0 Å². The summed E-state index contributed by atoms with van der Waals surface area (Å²) in [6.45, 7) is 2.92. The Hall–Kier alpha value is -4.19. The quantitative estimate of drug-likeness (QED) is 0.425. The Morgan fingerprint density at radius 3 is 2.59 bits per heavy atom. The highest BCUT2D eigenvalue weighted by atomic mass is 32.1. The molecule has 39 heavy (non-hydrogen) atoms. The number of anilines is 1. The molecule has 202 valence electrons. The van der Waals surface area contributed by atoms with Crippen molar-refractivity contribution in [3.05, 3.63) is 81.0 Å². The normalized spacial score (nSPS) is 18.0. The molecule has 0 radical (unpaired) electrons. The highest BCUT2D eigenvalue weighted by Gasteiger charge is 2.37. The lowest BCUT2D eigenvalue weighted by Crippen LogP contribution is -2.42. The number of carboxylic acid groups (broad SMARTS) is 1. The Morgan fingerprint density at radius 1 is 1.21 bits per heavy atom. The summed E-state index contributed by atoms with van der Waals surface area (Å²) >= 11 is 1.42. The number of aliphatic imine (C=N–C) groups is 1. The van der Waals surface area contributed by atoms with Gasteiger partial charge in [0.15, 0.2) is 10.8 Å². The van der Waals surface area contributed by atoms with Gasteiger partial charge < -0.3 is 20.1 Å². The van der Waals surface area contributed by atoms with Crippen molar-refractivity contribution in [2.24, 2.45) is 10.9 Å². The first-order chi connectivity index (χ1) is 18.9. The third-order valence-corrected chi connectivity index (χ3v) is 7.73. The largest absolute Gasteiger partial charge is 0.481 e. The molecule has 2 aliphatic heterocycles. The summed E-state index contributed by atoms with van der Waals surface area (Å²) in [6.07, 6.45) is 5.99. The minimum absolute atomic E-state index is 0.0385. The van der Waals surface area contributed by atoms with Gasteiger partial charge in [-0.25, -0.2) is 24.1 Å². The van der Waals surface area contributed by atoms with Crippen LogP contribution < -0.4 is 10.2 Å². The summed E-state index contributed by atoms with van der Waals surface area (Å²) in [5.41, 5.74) is 2.61. The molecule has 1 saturated heterocycles. The van der Waals surface area contributed by atoms with Crippen molar-refractivity contribution in [1.82, 2.24) is 20.3 Å². The Bertz CT molecular complexity index is 1430. The van der Waals surface area contributed by atoms with E-state index in [1.807, 2.05) is 10.3 Å². The van der Waals surface area contributed by atoms with Crippen molar-refractivity contribution >= 4 is 35.1 Å². The number of allylic oxidation sites excluding steroid dienone is 1. The number of rotatable bonds is 7. The van der Waals surface area contributed by atoms with Gasteiger partial charge in [0, 0.05) is 54.2 Å². The van der Waals surface area contributed by atoms with Gasteiger partial charge in [-0.3, -0.25) is 9.79 Å². The number of esters is 1. The van der Waals surface area contributed by atoms with E-state index >= 15 is 0 Å². The second kappa shape index (κ2) is 11.3. The second-order valence-corrected chi connectivity index (χ2v) is 10.2. The number of halogens is 1. The van der Waals surface area contributed by atoms with Crippen molar-refractivity contribution in [3.63, 3.8) is 0 Å². The number of amidine groups is 1. The van der Waals surface area contributed by atoms with Crippen molar-refractivity contribution < 1.29 is 23.8 Å². The first-order valence-corrected chi connectivity index (χ1v) is 13.3. The lowest BCUT2D eigenvalue weighted by atomic mass is 9.85. The van der Waals surface area contributed by atoms with Crippen LogP contribution in [0.5, 0.6) is 0 Å². The number of nitrogens with one attached hydrogen (secondary N) is 1. The van der Waals surface area contributed by atoms with Gasteiger partial charge in [0.2, 0.25) is 5.95 Å². The van der Waals surface area contributed by atoms with Crippen LogP contribution in [-0.2, 0) is 20.7 Å². The van der Waals surface area contributed by atoms with Crippen LogP contribution in [0.1, 0.15) is 40.6 Å². The van der Waals surface area contributed by atoms with E-state index in [4.69, 9.17) is 14.8 Å². The number of hydrogen-bond donors (Lipinski definition) is 2. The number of aliphatic carboxylic acids is 1. The molecule has 1 aromatic carbocycles. The van der Waals surface area contributed by atoms with E-state index in [9.17, 15) is 14.0 Å². The minimum Gasteiger partial charge on any atom is -0.481 e. The predicted molar refractivity (Wildman–Crippen MR) is 143 cm³/mol. The van der Waals surface area contributed by atoms with E-state index in [1.54, 1.807) is 25.3 Å². The topological polar surface area (TPSA) is 130 Å². The van der Waals surface area contributed by atoms with Crippen LogP contribution in [0.3, 0.4) is 0 Å². The van der Waals surface area contributed by atoms with Crippen LogP contribution >= 0.6 is 11.3 Å². The molecular formula is C27H27FN6O4S. The lowest BCUT2D eigenvalue weighted by molar-refractivity contribution is -0.137. The SMILES string of the molecule is COC(=O)C1=C(C2CCN(c3ncc(CC(=O)O)cn3)CC2)NC(c2nccs2)=NC1c1cccc(F)c1C. The summed E-state index contributed by atoms with van der Waals surface area (Å²) in [6, 6.07) is 4.03. The predicted octanol–water partition coefficient (Wildman–Crippen LogP) is 3.44. The van der Waals surface area contributed by atoms with Crippen molar-refractivity contribution in [2.45, 2.75) is 32.2 Å². The Kier molecular flexibility index (Phi) is 7.64. The fourth-order valence-electron chi connectivity index (χ4n) is 4.96. The highest BCUT2D eigenvalue weighted by molar-refractivity contribution is 7.11. The molecule has 1 atom stereocenters. The molecule has 0 spiro atoms. The fourth-order valence-corrected chi connectivity index (χ4v) is 5.55. The van der Waals surface area contributed by atoms with E-state index in [1.165, 1.54) is 36.9 Å². The van der Waals surface area contributed by atoms with Gasteiger partial charge in [-0.2, -0.15) is 0 Å². The number of nitrogens with zero attached hydrogens (tertiary/aromatic N) is 5. The maximum atomic E-state index is 14.6. The van der Waals surface area contributed by atoms with Gasteiger partial charge in [0.05, 0.1) is 19.1 Å². The van der Waals surface area contributed by atoms with Gasteiger partial charge in [0.25, 0.3) is 0 Å². The number of ether oxygens (including phenoxy) is 1. The smallest absolute Gasteiger partial charge is 0.338 e. The van der Waals surface area contributed by atoms with Crippen molar-refractivity contribution in [2.75, 3.05) is 25.1 Å². The molecule has 0 saturated carbocycles. The van der Waals surface area contributed by atoms with Crippen LogP contribution in [0.15, 0.2) is 58.4 Å². The summed E-state index contributed by atoms with van der Waals surface area (Å²) in [5, 5.41) is 14.9. The van der Waals surface area contributed by atoms with E-state index in [2.05, 4.69) is 20.3 Å². The molecule has 0 bridgehead atoms. The molecule has 5 rings (SSSR count). The number of carboxylic acids is 1. The number of methoxy groups -OCH3 is 1. The third kappa shape index (κ3) is 5.51. The zero-order valence-electron chi connectivity index (χ0n) is 21.4. The summed E-state index contributed by atoms with van der Waals surface area (Å²) < 4.78 is 19.8. The number of benzene rings is 1. The number of carbonyl (C=O) groups excluding carboxylic acids is 1. The van der Waals surface area contributed by atoms with Crippen molar-refractivity contribution in [1.29, 1.82) is 0 Å². The number of piperidine rings is 1. The van der Waals surface area contributed by atoms with Crippen molar-refractivity contribution in [3.8, 4) is 0 Å². The van der Waals surface area contributed by atoms with Gasteiger partial charge in [-0.05, 0) is 37.0 Å². The first kappa shape index (κ1) is 26.4. The van der Waals surface area contributed by atoms with Gasteiger partial charge in [-0.15, -0.1) is 11.3 Å². The lowest BCUT2D eigenvalue weighted by Gasteiger charge is -2.36. The molecule has 1 unspecified atom stereocenters. The Labute approximate surface area is 228 Å². The molecule has 0 aliphatic carbocycles. The molecule has 4 heterocycles. The first-order valence-electron chi connectivity index (χ1n) is 12.5. The number of carbonyl (C=O) groups is 2. The summed E-state index contributed by atoms with van der Waals surface area (Å²) in [7, 11) is 1.33. The monoisotopic (exact) mass is 550 g/mol. The molecular weight excluding hydrogens is 523 g/mol. The third-order valence-electron chi connectivity index (χ3n) is 6.95. The Morgan fingerprint density at radius 2 is 1.95 bits per heavy atom. The molecule has 1 fully saturated rings. The maximum absolute atomic E-state index is 14.6. The average Bonchev–Trinajstić information content (AvgIpc) is 3.49. The maximum Gasteiger partial charge on any atom is 0.338 e. The average molecular weight is 551 g/mol. The summed E-state index contributed by atoms with van der Waals surface area (Å²) in [4.78, 5) is 44.1. The van der Waals surface area contributed by atoms with E-state index in [-0.39, 0.29) is 18.2 Å². The van der Waals surface area contributed by atoms with Gasteiger partial charge in [0.1, 0.15) is 11.9 Å². The zero-order valence-corrected chi connectivity index (χ0v) is 22.2. The van der Waals surface area contributed by atoms with E-state index in [0.29, 0.717) is 70.7 Å². The molecule has 3 aromatic rings. The number of aromatic nitrogens is 3. The van der Waals surface area contributed by atoms with Gasteiger partial charge in [-0.1, -0.05) is 12.1 Å². The van der Waals surface area contributed by atoms with Crippen LogP contribution in [-0.4, -0.2) is 58.0 Å². The number of thiazole rings is 1. The van der Waals surface area contributed by atoms with E-state index < -0.39 is 18.0 Å². The molecule has 2 N–H and O–H groups in total. The zero-order chi connectivity index (χ0) is 27.5. The molecule has 0 amide bonds. The van der Waals surface area contributed by atoms with Gasteiger partial charge >= 0.3 is 11.9 Å². The van der Waals surface area contributed by atoms with Crippen LogP contribution in [0.25, 0.3) is 0 Å². The minimum atomic E-state index is -0.936. The molecule has 2 aromatic heterocycles. The Balaban J connectivity index is 1.47. The fraction of sp³-hybridized carbons (Fsp3) is 0.333. The molecule has 10 nitrogen and oxygen atoms in total. The second-order valence-electron chi connectivity index (χ2n) is 9.34. The standard InChI is InChI=1S/C27H27FN6O4S/c1-15-18(4-3-5-19(15)28)23-21(26(37)38-2)22(32-24(33-23)25-29-8-11-39-25)17-6-9-34(10-7-17)27-30-13-16(14-31-27)12-20(35)36/h3-5,8,11,13-14,17,23H,6-7,9-10,12H2,1-2H3,(H,32,33)(H,35,36). The van der Waals surface area contributed by atoms with Crippen LogP contribution in [0.2, 0.25) is 0 Å². The molecule has 12 heteroatoms.